The van der Waals surface area contributed by atoms with E-state index in [1.54, 1.807) is 17.2 Å². The average molecular weight is 397 g/mol. The maximum Gasteiger partial charge on any atom is 0.272 e. The first-order chi connectivity index (χ1) is 14.7. The maximum absolute atomic E-state index is 12.8. The molecule has 0 bridgehead atoms. The fourth-order valence-corrected chi connectivity index (χ4v) is 4.34. The van der Waals surface area contributed by atoms with Crippen molar-refractivity contribution in [3.05, 3.63) is 54.0 Å². The van der Waals surface area contributed by atoms with Crippen molar-refractivity contribution >= 4 is 22.5 Å². The number of carbonyl (C=O) groups is 1. The zero-order valence-electron chi connectivity index (χ0n) is 16.8. The second-order valence-electron chi connectivity index (χ2n) is 8.09. The smallest absolute Gasteiger partial charge is 0.272 e. The lowest BCUT2D eigenvalue weighted by molar-refractivity contribution is 0.0784. The number of nitrogens with zero attached hydrogens (tertiary/aromatic N) is 4. The Kier molecular flexibility index (Phi) is 4.80. The van der Waals surface area contributed by atoms with Crippen LogP contribution >= 0.6 is 0 Å². The molecule has 6 heteroatoms. The zero-order valence-corrected chi connectivity index (χ0v) is 16.8. The molecule has 3 aromatic heterocycles. The number of aromatic amines is 1. The van der Waals surface area contributed by atoms with Crippen molar-refractivity contribution in [2.75, 3.05) is 13.1 Å². The Morgan fingerprint density at radius 1 is 1.27 bits per heavy atom. The second kappa shape index (κ2) is 7.75. The van der Waals surface area contributed by atoms with E-state index in [1.165, 1.54) is 18.4 Å². The third kappa shape index (κ3) is 3.48. The Morgan fingerprint density at radius 2 is 2.20 bits per heavy atom. The van der Waals surface area contributed by atoms with Crippen LogP contribution in [0, 0.1) is 17.2 Å². The lowest BCUT2D eigenvalue weighted by atomic mass is 9.97. The summed E-state index contributed by atoms with van der Waals surface area (Å²) in [5.74, 6) is -0.192. The van der Waals surface area contributed by atoms with Crippen LogP contribution in [0.15, 0.2) is 42.6 Å². The van der Waals surface area contributed by atoms with Gasteiger partial charge < -0.3 is 9.88 Å². The number of amides is 1. The van der Waals surface area contributed by atoms with Crippen LogP contribution in [0.5, 0.6) is 0 Å². The molecule has 5 rings (SSSR count). The number of pyridine rings is 2. The first-order valence-electron chi connectivity index (χ1n) is 10.6. The topological polar surface area (TPSA) is 85.7 Å². The number of rotatable bonds is 3. The van der Waals surface area contributed by atoms with Crippen molar-refractivity contribution in [2.45, 2.75) is 32.1 Å². The molecule has 30 heavy (non-hydrogen) atoms. The van der Waals surface area contributed by atoms with Crippen molar-refractivity contribution < 1.29 is 4.79 Å². The summed E-state index contributed by atoms with van der Waals surface area (Å²) < 4.78 is 0. The first kappa shape index (κ1) is 18.6. The number of nitriles is 1. The molecular weight excluding hydrogens is 374 g/mol. The van der Waals surface area contributed by atoms with Crippen molar-refractivity contribution in [3.63, 3.8) is 0 Å². The predicted octanol–water partition coefficient (Wildman–Crippen LogP) is 4.57. The fraction of sp³-hybridized carbons (Fsp3) is 0.333. The van der Waals surface area contributed by atoms with Gasteiger partial charge in [0.15, 0.2) is 0 Å². The van der Waals surface area contributed by atoms with Gasteiger partial charge in [0.2, 0.25) is 0 Å². The van der Waals surface area contributed by atoms with Crippen LogP contribution < -0.4 is 0 Å². The Labute approximate surface area is 175 Å². The average Bonchev–Trinajstić information content (AvgIpc) is 3.46. The molecule has 1 N–H and O–H groups in total. The molecule has 3 aromatic rings. The van der Waals surface area contributed by atoms with Gasteiger partial charge in [0, 0.05) is 35.9 Å². The molecule has 1 aliphatic heterocycles. The van der Waals surface area contributed by atoms with E-state index < -0.39 is 0 Å². The first-order valence-corrected chi connectivity index (χ1v) is 10.6. The molecule has 4 heterocycles. The van der Waals surface area contributed by atoms with E-state index in [9.17, 15) is 4.79 Å². The van der Waals surface area contributed by atoms with Gasteiger partial charge in [0.05, 0.1) is 17.7 Å². The van der Waals surface area contributed by atoms with Crippen LogP contribution in [0.2, 0.25) is 0 Å². The highest BCUT2D eigenvalue weighted by molar-refractivity contribution is 5.93. The fourth-order valence-electron chi connectivity index (χ4n) is 4.34. The number of hydrogen-bond donors (Lipinski definition) is 1. The summed E-state index contributed by atoms with van der Waals surface area (Å²) in [6.45, 7) is 1.09. The third-order valence-electron chi connectivity index (χ3n) is 6.03. The van der Waals surface area contributed by atoms with Crippen LogP contribution in [-0.4, -0.2) is 38.8 Å². The molecule has 1 aliphatic carbocycles. The van der Waals surface area contributed by atoms with E-state index in [0.29, 0.717) is 18.8 Å². The molecule has 0 saturated carbocycles. The Bertz CT molecular complexity index is 1190. The van der Waals surface area contributed by atoms with Gasteiger partial charge in [-0.1, -0.05) is 12.1 Å². The van der Waals surface area contributed by atoms with Crippen LogP contribution in [0.3, 0.4) is 0 Å². The summed E-state index contributed by atoms with van der Waals surface area (Å²) in [6.07, 6.45) is 9.60. The normalized spacial score (nSPS) is 19.0. The van der Waals surface area contributed by atoms with E-state index in [4.69, 9.17) is 5.26 Å². The van der Waals surface area contributed by atoms with Gasteiger partial charge in [-0.25, -0.2) is 9.97 Å². The number of likely N-dealkylation sites (tertiary alicyclic amines) is 1. The van der Waals surface area contributed by atoms with E-state index in [0.717, 1.165) is 47.2 Å². The minimum Gasteiger partial charge on any atom is -0.340 e. The highest BCUT2D eigenvalue weighted by Crippen LogP contribution is 2.29. The van der Waals surface area contributed by atoms with Crippen molar-refractivity contribution in [1.29, 1.82) is 5.26 Å². The molecule has 2 aliphatic rings. The van der Waals surface area contributed by atoms with Gasteiger partial charge in [0.25, 0.3) is 5.91 Å². The summed E-state index contributed by atoms with van der Waals surface area (Å²) in [6, 6.07) is 12.0. The van der Waals surface area contributed by atoms with Crippen LogP contribution in [0.4, 0.5) is 0 Å². The quantitative estimate of drug-likeness (QED) is 0.701. The van der Waals surface area contributed by atoms with Crippen LogP contribution in [0.25, 0.3) is 27.9 Å². The van der Waals surface area contributed by atoms with E-state index in [1.807, 2.05) is 12.1 Å². The van der Waals surface area contributed by atoms with E-state index >= 15 is 0 Å². The zero-order chi connectivity index (χ0) is 20.5. The largest absolute Gasteiger partial charge is 0.340 e. The number of hydrogen-bond acceptors (Lipinski definition) is 4. The van der Waals surface area contributed by atoms with Gasteiger partial charge in [0.1, 0.15) is 11.3 Å². The Morgan fingerprint density at radius 3 is 3.00 bits per heavy atom. The van der Waals surface area contributed by atoms with Crippen LogP contribution in [0.1, 0.15) is 48.3 Å². The van der Waals surface area contributed by atoms with Crippen molar-refractivity contribution in [1.82, 2.24) is 19.9 Å². The molecule has 150 valence electrons. The lowest BCUT2D eigenvalue weighted by Crippen LogP contribution is -2.29. The molecule has 1 saturated heterocycles. The second-order valence-corrected chi connectivity index (χ2v) is 8.09. The summed E-state index contributed by atoms with van der Waals surface area (Å²) >= 11 is 0. The Hall–Kier alpha value is -3.46. The molecule has 1 fully saturated rings. The highest BCUT2D eigenvalue weighted by Gasteiger charge is 2.27. The standard InChI is InChI=1S/C24H23N5O/c25-13-16-9-10-29(15-16)24(30)21-8-4-7-20(27-21)19-11-18-12-22(28-23(18)26-14-19)17-5-2-1-3-6-17/h4-5,7-8,11-12,14,16H,1-3,6,9-10,15H2,(H,26,28). The molecule has 0 radical (unpaired) electrons. The van der Waals surface area contributed by atoms with Gasteiger partial charge in [-0.15, -0.1) is 0 Å². The lowest BCUT2D eigenvalue weighted by Gasteiger charge is -2.15. The minimum atomic E-state index is -0.114. The summed E-state index contributed by atoms with van der Waals surface area (Å²) in [5.41, 5.74) is 5.41. The molecule has 6 nitrogen and oxygen atoms in total. The van der Waals surface area contributed by atoms with E-state index in [-0.39, 0.29) is 11.8 Å². The molecule has 0 spiro atoms. The highest BCUT2D eigenvalue weighted by atomic mass is 16.2. The molecular formula is C24H23N5O. The number of H-pyrrole nitrogens is 1. The predicted molar refractivity (Wildman–Crippen MR) is 115 cm³/mol. The van der Waals surface area contributed by atoms with Gasteiger partial charge in [-0.05, 0) is 61.9 Å². The molecule has 1 amide bonds. The number of aromatic nitrogens is 3. The number of allylic oxidation sites excluding steroid dienone is 2. The SMILES string of the molecule is N#CC1CCN(C(=O)c2cccc(-c3cnc4[nH]c(C5=CCCCC5)cc4c3)n2)C1. The van der Waals surface area contributed by atoms with Crippen molar-refractivity contribution in [3.8, 4) is 17.3 Å². The van der Waals surface area contributed by atoms with Gasteiger partial charge in [-0.3, -0.25) is 4.79 Å². The van der Waals surface area contributed by atoms with E-state index in [2.05, 4.69) is 39.2 Å². The van der Waals surface area contributed by atoms with Crippen LogP contribution in [-0.2, 0) is 0 Å². The van der Waals surface area contributed by atoms with Crippen molar-refractivity contribution in [2.24, 2.45) is 5.92 Å². The molecule has 0 aromatic carbocycles. The number of fused-ring (bicyclic) bond motifs is 1. The summed E-state index contributed by atoms with van der Waals surface area (Å²) in [7, 11) is 0. The third-order valence-corrected chi connectivity index (χ3v) is 6.03. The molecule has 1 unspecified atom stereocenters. The Balaban J connectivity index is 1.42. The van der Waals surface area contributed by atoms with Gasteiger partial charge in [-0.2, -0.15) is 5.26 Å². The minimum absolute atomic E-state index is 0.0780. The summed E-state index contributed by atoms with van der Waals surface area (Å²) in [4.78, 5) is 27.2. The van der Waals surface area contributed by atoms with Gasteiger partial charge >= 0.3 is 0 Å². The molecule has 1 atom stereocenters. The number of nitrogens with one attached hydrogen (secondary N) is 1. The maximum atomic E-state index is 12.8. The number of carbonyl (C=O) groups excluding carboxylic acids is 1. The summed E-state index contributed by atoms with van der Waals surface area (Å²) in [5, 5.41) is 10.1. The monoisotopic (exact) mass is 397 g/mol.